The van der Waals surface area contributed by atoms with Gasteiger partial charge in [-0.25, -0.2) is 14.4 Å². The Morgan fingerprint density at radius 2 is 1.86 bits per heavy atom. The molecule has 1 aromatic heterocycles. The lowest BCUT2D eigenvalue weighted by molar-refractivity contribution is 0.612. The summed E-state index contributed by atoms with van der Waals surface area (Å²) in [6, 6.07) is 4.97. The summed E-state index contributed by atoms with van der Waals surface area (Å²) >= 11 is 5.80. The standard InChI is InChI=1S/C16H19ClFN3/c1-10-13(6-4-8-19)11(2)21-15(20-10)9-12-5-3-7-14(17)16(12)18/h3,5,7H,4,6,8-9,19H2,1-2H3. The Morgan fingerprint density at radius 3 is 2.48 bits per heavy atom. The first-order valence-corrected chi connectivity index (χ1v) is 7.36. The van der Waals surface area contributed by atoms with Crippen LogP contribution in [0, 0.1) is 19.7 Å². The van der Waals surface area contributed by atoms with Gasteiger partial charge >= 0.3 is 0 Å². The molecule has 0 bridgehead atoms. The highest BCUT2D eigenvalue weighted by Crippen LogP contribution is 2.20. The van der Waals surface area contributed by atoms with Crippen LogP contribution in [0.3, 0.4) is 0 Å². The lowest BCUT2D eigenvalue weighted by Crippen LogP contribution is -2.09. The molecule has 112 valence electrons. The van der Waals surface area contributed by atoms with E-state index in [2.05, 4.69) is 9.97 Å². The molecule has 0 saturated heterocycles. The first kappa shape index (κ1) is 15.9. The molecule has 0 aliphatic carbocycles. The van der Waals surface area contributed by atoms with E-state index < -0.39 is 5.82 Å². The summed E-state index contributed by atoms with van der Waals surface area (Å²) in [6.45, 7) is 4.56. The third-order valence-electron chi connectivity index (χ3n) is 3.48. The van der Waals surface area contributed by atoms with Crippen LogP contribution >= 0.6 is 11.6 Å². The second-order valence-corrected chi connectivity index (χ2v) is 5.48. The molecule has 0 saturated carbocycles. The lowest BCUT2D eigenvalue weighted by atomic mass is 10.1. The summed E-state index contributed by atoms with van der Waals surface area (Å²) < 4.78 is 13.9. The maximum Gasteiger partial charge on any atom is 0.145 e. The molecule has 1 aromatic carbocycles. The van der Waals surface area contributed by atoms with Crippen LogP contribution in [0.25, 0.3) is 0 Å². The molecule has 0 aliphatic heterocycles. The monoisotopic (exact) mass is 307 g/mol. The Hall–Kier alpha value is -1.52. The smallest absolute Gasteiger partial charge is 0.145 e. The van der Waals surface area contributed by atoms with E-state index in [1.165, 1.54) is 6.07 Å². The van der Waals surface area contributed by atoms with Crippen molar-refractivity contribution in [3.63, 3.8) is 0 Å². The first-order valence-electron chi connectivity index (χ1n) is 6.99. The highest BCUT2D eigenvalue weighted by molar-refractivity contribution is 6.30. The number of hydrogen-bond acceptors (Lipinski definition) is 3. The van der Waals surface area contributed by atoms with Crippen molar-refractivity contribution in [3.8, 4) is 0 Å². The van der Waals surface area contributed by atoms with Crippen molar-refractivity contribution in [3.05, 3.63) is 57.4 Å². The van der Waals surface area contributed by atoms with Gasteiger partial charge in [0.1, 0.15) is 11.6 Å². The van der Waals surface area contributed by atoms with Gasteiger partial charge in [0.05, 0.1) is 5.02 Å². The van der Waals surface area contributed by atoms with Crippen molar-refractivity contribution in [2.45, 2.75) is 33.1 Å². The molecule has 2 N–H and O–H groups in total. The van der Waals surface area contributed by atoms with E-state index in [0.717, 1.165) is 29.8 Å². The molecule has 3 nitrogen and oxygen atoms in total. The van der Waals surface area contributed by atoms with Crippen LogP contribution in [0.5, 0.6) is 0 Å². The number of nitrogens with zero attached hydrogens (tertiary/aromatic N) is 2. The van der Waals surface area contributed by atoms with Gasteiger partial charge in [-0.15, -0.1) is 0 Å². The summed E-state index contributed by atoms with van der Waals surface area (Å²) in [6.07, 6.45) is 2.12. The second kappa shape index (κ2) is 6.96. The lowest BCUT2D eigenvalue weighted by Gasteiger charge is -2.11. The van der Waals surface area contributed by atoms with E-state index in [0.29, 0.717) is 24.4 Å². The Morgan fingerprint density at radius 1 is 1.19 bits per heavy atom. The third kappa shape index (κ3) is 3.77. The molecule has 0 amide bonds. The van der Waals surface area contributed by atoms with Crippen molar-refractivity contribution < 1.29 is 4.39 Å². The summed E-state index contributed by atoms with van der Waals surface area (Å²) in [5.74, 6) is 0.216. The predicted octanol–water partition coefficient (Wildman–Crippen LogP) is 3.37. The van der Waals surface area contributed by atoms with Gasteiger partial charge in [0, 0.05) is 17.8 Å². The average Bonchev–Trinajstić information content (AvgIpc) is 2.43. The van der Waals surface area contributed by atoms with E-state index in [1.54, 1.807) is 12.1 Å². The van der Waals surface area contributed by atoms with Gasteiger partial charge in [-0.2, -0.15) is 0 Å². The molecule has 1 heterocycles. The van der Waals surface area contributed by atoms with E-state index >= 15 is 0 Å². The van der Waals surface area contributed by atoms with Gasteiger partial charge in [0.15, 0.2) is 0 Å². The molecular weight excluding hydrogens is 289 g/mol. The van der Waals surface area contributed by atoms with E-state index in [1.807, 2.05) is 13.8 Å². The fourth-order valence-corrected chi connectivity index (χ4v) is 2.58. The van der Waals surface area contributed by atoms with Crippen LogP contribution in [0.4, 0.5) is 4.39 Å². The SMILES string of the molecule is Cc1nc(Cc2cccc(Cl)c2F)nc(C)c1CCCN. The quantitative estimate of drug-likeness (QED) is 0.921. The number of rotatable bonds is 5. The summed E-state index contributed by atoms with van der Waals surface area (Å²) in [5, 5.41) is 0.125. The highest BCUT2D eigenvalue weighted by Gasteiger charge is 2.12. The number of nitrogens with two attached hydrogens (primary N) is 1. The minimum Gasteiger partial charge on any atom is -0.330 e. The number of hydrogen-bond donors (Lipinski definition) is 1. The molecule has 5 heteroatoms. The molecule has 0 atom stereocenters. The zero-order chi connectivity index (χ0) is 15.4. The molecule has 21 heavy (non-hydrogen) atoms. The molecular formula is C16H19ClFN3. The number of aromatic nitrogens is 2. The minimum absolute atomic E-state index is 0.125. The summed E-state index contributed by atoms with van der Waals surface area (Å²) in [7, 11) is 0. The van der Waals surface area contributed by atoms with Crippen molar-refractivity contribution >= 4 is 11.6 Å². The van der Waals surface area contributed by atoms with E-state index in [9.17, 15) is 4.39 Å². The number of aryl methyl sites for hydroxylation is 2. The van der Waals surface area contributed by atoms with Gasteiger partial charge in [-0.3, -0.25) is 0 Å². The van der Waals surface area contributed by atoms with Crippen LogP contribution in [0.15, 0.2) is 18.2 Å². The van der Waals surface area contributed by atoms with Crippen LogP contribution in [0.1, 0.15) is 34.8 Å². The normalized spacial score (nSPS) is 10.9. The van der Waals surface area contributed by atoms with Crippen LogP contribution in [0.2, 0.25) is 5.02 Å². The summed E-state index contributed by atoms with van der Waals surface area (Å²) in [4.78, 5) is 8.98. The Labute approximate surface area is 129 Å². The highest BCUT2D eigenvalue weighted by atomic mass is 35.5. The minimum atomic E-state index is -0.398. The van der Waals surface area contributed by atoms with Crippen LogP contribution in [-0.4, -0.2) is 16.5 Å². The molecule has 0 spiro atoms. The average molecular weight is 308 g/mol. The van der Waals surface area contributed by atoms with E-state index in [4.69, 9.17) is 17.3 Å². The molecule has 2 rings (SSSR count). The molecule has 0 aliphatic rings. The summed E-state index contributed by atoms with van der Waals surface area (Å²) in [5.41, 5.74) is 9.07. The second-order valence-electron chi connectivity index (χ2n) is 5.07. The molecule has 2 aromatic rings. The van der Waals surface area contributed by atoms with Crippen molar-refractivity contribution in [2.24, 2.45) is 5.73 Å². The molecule has 0 fully saturated rings. The largest absolute Gasteiger partial charge is 0.330 e. The molecule has 0 unspecified atom stereocenters. The van der Waals surface area contributed by atoms with Gasteiger partial charge in [-0.1, -0.05) is 23.7 Å². The fraction of sp³-hybridized carbons (Fsp3) is 0.375. The van der Waals surface area contributed by atoms with Gasteiger partial charge in [-0.05, 0) is 50.4 Å². The maximum atomic E-state index is 13.9. The van der Waals surface area contributed by atoms with Gasteiger partial charge in [0.2, 0.25) is 0 Å². The van der Waals surface area contributed by atoms with Gasteiger partial charge < -0.3 is 5.73 Å². The van der Waals surface area contributed by atoms with Crippen molar-refractivity contribution in [2.75, 3.05) is 6.54 Å². The van der Waals surface area contributed by atoms with Crippen LogP contribution < -0.4 is 5.73 Å². The van der Waals surface area contributed by atoms with E-state index in [-0.39, 0.29) is 5.02 Å². The topological polar surface area (TPSA) is 51.8 Å². The fourth-order valence-electron chi connectivity index (χ4n) is 2.38. The Balaban J connectivity index is 2.27. The van der Waals surface area contributed by atoms with Gasteiger partial charge in [0.25, 0.3) is 0 Å². The number of halogens is 2. The Kier molecular flexibility index (Phi) is 5.26. The zero-order valence-corrected chi connectivity index (χ0v) is 13.0. The Bertz CT molecular complexity index is 620. The first-order chi connectivity index (χ1) is 10.0. The molecule has 0 radical (unpaired) electrons. The number of benzene rings is 1. The maximum absolute atomic E-state index is 13.9. The van der Waals surface area contributed by atoms with Crippen molar-refractivity contribution in [1.29, 1.82) is 0 Å². The third-order valence-corrected chi connectivity index (χ3v) is 3.77. The predicted molar refractivity (Wildman–Crippen MR) is 83.1 cm³/mol. The van der Waals surface area contributed by atoms with Crippen molar-refractivity contribution in [1.82, 2.24) is 9.97 Å². The van der Waals surface area contributed by atoms with Crippen LogP contribution in [-0.2, 0) is 12.8 Å². The zero-order valence-electron chi connectivity index (χ0n) is 12.3.